The first-order chi connectivity index (χ1) is 18.2. The Hall–Kier alpha value is -2.74. The summed E-state index contributed by atoms with van der Waals surface area (Å²) in [7, 11) is -2.38. The van der Waals surface area contributed by atoms with E-state index >= 15 is 0 Å². The highest BCUT2D eigenvalue weighted by molar-refractivity contribution is 7.89. The summed E-state index contributed by atoms with van der Waals surface area (Å²) in [6.45, 7) is 5.54. The maximum absolute atomic E-state index is 13.5. The second-order valence-corrected chi connectivity index (χ2v) is 12.0. The van der Waals surface area contributed by atoms with Gasteiger partial charge in [0, 0.05) is 51.5 Å². The lowest BCUT2D eigenvalue weighted by Gasteiger charge is -2.35. The first kappa shape index (κ1) is 28.3. The number of likely N-dealkylation sites (N-methyl/N-ethyl adjacent to an activating group) is 1. The molecule has 13 heteroatoms. The maximum atomic E-state index is 13.5. The number of aliphatic hydroxyl groups excluding tert-OH is 1. The molecule has 1 aromatic heterocycles. The van der Waals surface area contributed by atoms with Gasteiger partial charge in [-0.2, -0.15) is 4.31 Å². The summed E-state index contributed by atoms with van der Waals surface area (Å²) in [6.07, 6.45) is 2.82. The lowest BCUT2D eigenvalue weighted by atomic mass is 10.0. The van der Waals surface area contributed by atoms with E-state index in [1.54, 1.807) is 28.8 Å². The van der Waals surface area contributed by atoms with Crippen LogP contribution in [0.1, 0.15) is 38.8 Å². The highest BCUT2D eigenvalue weighted by atomic mass is 32.2. The number of amides is 1. The Balaban J connectivity index is 1.57. The normalized spacial score (nSPS) is 22.2. The average molecular weight is 552 g/mol. The number of benzene rings is 1. The van der Waals surface area contributed by atoms with Crippen LogP contribution in [-0.4, -0.2) is 95.7 Å². The first-order valence-corrected chi connectivity index (χ1v) is 14.4. The van der Waals surface area contributed by atoms with Gasteiger partial charge in [0.15, 0.2) is 11.5 Å². The summed E-state index contributed by atoms with van der Waals surface area (Å²) in [4.78, 5) is 14.8. The van der Waals surface area contributed by atoms with E-state index < -0.39 is 16.1 Å². The lowest BCUT2D eigenvalue weighted by molar-refractivity contribution is -0.136. The molecule has 0 saturated heterocycles. The summed E-state index contributed by atoms with van der Waals surface area (Å²) in [5, 5.41) is 18.0. The van der Waals surface area contributed by atoms with E-state index in [9.17, 15) is 18.3 Å². The van der Waals surface area contributed by atoms with E-state index in [1.165, 1.54) is 23.5 Å². The standard InChI is InChI=1S/C25H37N5O7S/c1-18-13-30(19(2)16-31)25(32)6-4-9-29-14-20(26-27-29)17-37-24(18)15-28(3)38(33,34)21-7-8-22-23(12-21)36-11-5-10-35-22/h7-8,12,14,18-19,24,31H,4-6,9-11,13,15-17H2,1-3H3/t18-,19+,24+/m0/s1. The number of carbonyl (C=O) groups is 1. The molecular formula is C25H37N5O7S. The molecule has 210 valence electrons. The molecule has 0 spiro atoms. The van der Waals surface area contributed by atoms with Gasteiger partial charge in [-0.05, 0) is 25.5 Å². The van der Waals surface area contributed by atoms with Gasteiger partial charge in [0.2, 0.25) is 15.9 Å². The smallest absolute Gasteiger partial charge is 0.243 e. The van der Waals surface area contributed by atoms with Crippen LogP contribution in [0.2, 0.25) is 0 Å². The Morgan fingerprint density at radius 3 is 2.74 bits per heavy atom. The van der Waals surface area contributed by atoms with Crippen LogP contribution >= 0.6 is 0 Å². The number of carbonyl (C=O) groups excluding carboxylic acids is 1. The molecule has 0 fully saturated rings. The molecule has 2 aliphatic heterocycles. The summed E-state index contributed by atoms with van der Waals surface area (Å²) >= 11 is 0. The van der Waals surface area contributed by atoms with Gasteiger partial charge in [0.25, 0.3) is 0 Å². The van der Waals surface area contributed by atoms with Crippen molar-refractivity contribution >= 4 is 15.9 Å². The molecule has 1 amide bonds. The first-order valence-electron chi connectivity index (χ1n) is 13.0. The van der Waals surface area contributed by atoms with Crippen molar-refractivity contribution in [2.75, 3.05) is 40.0 Å². The second kappa shape index (κ2) is 12.4. The number of hydrogen-bond acceptors (Lipinski definition) is 9. The molecule has 38 heavy (non-hydrogen) atoms. The van der Waals surface area contributed by atoms with Crippen LogP contribution in [0, 0.1) is 5.92 Å². The zero-order valence-electron chi connectivity index (χ0n) is 22.2. The number of nitrogens with zero attached hydrogens (tertiary/aromatic N) is 5. The summed E-state index contributed by atoms with van der Waals surface area (Å²) in [5.74, 6) is 0.598. The zero-order chi connectivity index (χ0) is 27.3. The molecular weight excluding hydrogens is 514 g/mol. The van der Waals surface area contributed by atoms with E-state index in [0.717, 1.165) is 6.42 Å². The minimum atomic E-state index is -3.89. The predicted molar refractivity (Wildman–Crippen MR) is 137 cm³/mol. The second-order valence-electron chi connectivity index (χ2n) is 9.93. The molecule has 0 saturated carbocycles. The third-order valence-corrected chi connectivity index (χ3v) is 8.73. The molecule has 2 aromatic rings. The van der Waals surface area contributed by atoms with Crippen molar-refractivity contribution in [3.05, 3.63) is 30.1 Å². The van der Waals surface area contributed by atoms with E-state index in [2.05, 4.69) is 10.3 Å². The van der Waals surface area contributed by atoms with Crippen LogP contribution in [0.4, 0.5) is 0 Å². The van der Waals surface area contributed by atoms with Gasteiger partial charge in [-0.3, -0.25) is 9.48 Å². The quantitative estimate of drug-likeness (QED) is 0.563. The summed E-state index contributed by atoms with van der Waals surface area (Å²) < 4.78 is 47.5. The zero-order valence-corrected chi connectivity index (χ0v) is 23.0. The number of fused-ring (bicyclic) bond motifs is 3. The van der Waals surface area contributed by atoms with Crippen LogP contribution in [0.15, 0.2) is 29.3 Å². The van der Waals surface area contributed by atoms with E-state index in [-0.39, 0.29) is 42.5 Å². The number of hydrogen-bond donors (Lipinski definition) is 1. The topological polar surface area (TPSA) is 136 Å². The maximum Gasteiger partial charge on any atom is 0.243 e. The minimum Gasteiger partial charge on any atom is -0.490 e. The van der Waals surface area contributed by atoms with Crippen LogP contribution in [-0.2, 0) is 32.7 Å². The van der Waals surface area contributed by atoms with E-state index in [4.69, 9.17) is 14.2 Å². The third-order valence-electron chi connectivity index (χ3n) is 6.91. The number of aromatic nitrogens is 3. The van der Waals surface area contributed by atoms with Gasteiger partial charge < -0.3 is 24.2 Å². The molecule has 1 N–H and O–H groups in total. The Labute approximate surface area is 223 Å². The van der Waals surface area contributed by atoms with Crippen molar-refractivity contribution in [2.45, 2.75) is 63.3 Å². The number of aliphatic hydroxyl groups is 1. The fourth-order valence-corrected chi connectivity index (χ4v) is 5.73. The van der Waals surface area contributed by atoms with Crippen molar-refractivity contribution in [2.24, 2.45) is 5.92 Å². The summed E-state index contributed by atoms with van der Waals surface area (Å²) in [5.41, 5.74) is 0.627. The molecule has 3 heterocycles. The molecule has 0 unspecified atom stereocenters. The van der Waals surface area contributed by atoms with Gasteiger partial charge in [-0.15, -0.1) is 5.10 Å². The highest BCUT2D eigenvalue weighted by Gasteiger charge is 2.31. The van der Waals surface area contributed by atoms with E-state index in [0.29, 0.717) is 56.3 Å². The largest absolute Gasteiger partial charge is 0.490 e. The van der Waals surface area contributed by atoms with Crippen LogP contribution < -0.4 is 9.47 Å². The third kappa shape index (κ3) is 6.63. The molecule has 3 atom stereocenters. The molecule has 4 rings (SSSR count). The molecule has 2 aliphatic rings. The Morgan fingerprint density at radius 1 is 1.21 bits per heavy atom. The predicted octanol–water partition coefficient (Wildman–Crippen LogP) is 1.28. The monoisotopic (exact) mass is 551 g/mol. The fourth-order valence-electron chi connectivity index (χ4n) is 4.53. The molecule has 2 bridgehead atoms. The lowest BCUT2D eigenvalue weighted by Crippen LogP contribution is -2.47. The van der Waals surface area contributed by atoms with Crippen LogP contribution in [0.3, 0.4) is 0 Å². The fraction of sp³-hybridized carbons (Fsp3) is 0.640. The van der Waals surface area contributed by atoms with Gasteiger partial charge in [-0.25, -0.2) is 8.42 Å². The molecule has 12 nitrogen and oxygen atoms in total. The number of aryl methyl sites for hydroxylation is 1. The number of sulfonamides is 1. The van der Waals surface area contributed by atoms with Crippen LogP contribution in [0.5, 0.6) is 11.5 Å². The highest BCUT2D eigenvalue weighted by Crippen LogP contribution is 2.33. The minimum absolute atomic E-state index is 0.0433. The van der Waals surface area contributed by atoms with Crippen molar-refractivity contribution < 1.29 is 32.5 Å². The van der Waals surface area contributed by atoms with Gasteiger partial charge in [-0.1, -0.05) is 12.1 Å². The van der Waals surface area contributed by atoms with Crippen molar-refractivity contribution in [3.63, 3.8) is 0 Å². The number of rotatable bonds is 6. The van der Waals surface area contributed by atoms with Crippen molar-refractivity contribution in [1.29, 1.82) is 0 Å². The number of ether oxygens (including phenoxy) is 3. The average Bonchev–Trinajstić information content (AvgIpc) is 3.22. The van der Waals surface area contributed by atoms with Crippen LogP contribution in [0.25, 0.3) is 0 Å². The SMILES string of the molecule is C[C@H](CO)N1C[C@H](C)[C@@H](CN(C)S(=O)(=O)c2ccc3c(c2)OCCCO3)OCc2cn(nn2)CCCC1=O. The van der Waals surface area contributed by atoms with Crippen molar-refractivity contribution in [3.8, 4) is 11.5 Å². The van der Waals surface area contributed by atoms with Gasteiger partial charge >= 0.3 is 0 Å². The van der Waals surface area contributed by atoms with E-state index in [1.807, 2.05) is 6.92 Å². The molecule has 0 radical (unpaired) electrons. The van der Waals surface area contributed by atoms with Crippen molar-refractivity contribution in [1.82, 2.24) is 24.2 Å². The van der Waals surface area contributed by atoms with Gasteiger partial charge in [0.1, 0.15) is 5.69 Å². The Morgan fingerprint density at radius 2 is 1.97 bits per heavy atom. The Bertz CT molecular complexity index is 1200. The summed E-state index contributed by atoms with van der Waals surface area (Å²) in [6, 6.07) is 4.23. The molecule has 1 aromatic carbocycles. The Kier molecular flexibility index (Phi) is 9.23. The van der Waals surface area contributed by atoms with Gasteiger partial charge in [0.05, 0.1) is 49.7 Å². The molecule has 0 aliphatic carbocycles.